The third-order valence-corrected chi connectivity index (χ3v) is 3.61. The average Bonchev–Trinajstić information content (AvgIpc) is 2.75. The van der Waals surface area contributed by atoms with Gasteiger partial charge in [0, 0.05) is 18.2 Å². The maximum Gasteiger partial charge on any atom is 0.129 e. The predicted molar refractivity (Wildman–Crippen MR) is 66.1 cm³/mol. The van der Waals surface area contributed by atoms with Crippen molar-refractivity contribution in [3.05, 3.63) is 35.4 Å². The first-order valence-corrected chi connectivity index (χ1v) is 6.42. The van der Waals surface area contributed by atoms with Crippen molar-refractivity contribution in [3.8, 4) is 0 Å². The summed E-state index contributed by atoms with van der Waals surface area (Å²) in [6.07, 6.45) is 2.34. The molecule has 0 bridgehead atoms. The largest absolute Gasteiger partial charge is 0.387 e. The summed E-state index contributed by atoms with van der Waals surface area (Å²) in [5.41, 5.74) is 0.0218. The molecular weight excluding hydrogens is 236 g/mol. The van der Waals surface area contributed by atoms with Crippen molar-refractivity contribution in [2.75, 3.05) is 6.54 Å². The molecule has 1 aromatic carbocycles. The number of aliphatic hydroxyl groups excluding tert-OH is 1. The van der Waals surface area contributed by atoms with Gasteiger partial charge in [0.1, 0.15) is 11.6 Å². The molecule has 0 heterocycles. The van der Waals surface area contributed by atoms with Gasteiger partial charge >= 0.3 is 0 Å². The fourth-order valence-electron chi connectivity index (χ4n) is 2.55. The Hall–Kier alpha value is -1.00. The minimum absolute atomic E-state index is 0.0218. The molecule has 0 aliphatic heterocycles. The zero-order valence-electron chi connectivity index (χ0n) is 10.5. The van der Waals surface area contributed by atoms with Gasteiger partial charge in [-0.05, 0) is 43.4 Å². The van der Waals surface area contributed by atoms with Crippen LogP contribution < -0.4 is 5.32 Å². The van der Waals surface area contributed by atoms with Gasteiger partial charge in [0.2, 0.25) is 0 Å². The fraction of sp³-hybridized carbons (Fsp3) is 0.571. The van der Waals surface area contributed by atoms with Crippen molar-refractivity contribution in [2.45, 2.75) is 38.3 Å². The topological polar surface area (TPSA) is 32.3 Å². The van der Waals surface area contributed by atoms with Crippen molar-refractivity contribution in [1.29, 1.82) is 0 Å². The van der Waals surface area contributed by atoms with Crippen LogP contribution in [0.5, 0.6) is 0 Å². The van der Waals surface area contributed by atoms with Crippen LogP contribution in [0.15, 0.2) is 18.2 Å². The third-order valence-electron chi connectivity index (χ3n) is 3.61. The van der Waals surface area contributed by atoms with Crippen molar-refractivity contribution < 1.29 is 13.9 Å². The first-order valence-electron chi connectivity index (χ1n) is 6.42. The molecule has 3 atom stereocenters. The molecule has 1 aromatic rings. The van der Waals surface area contributed by atoms with Crippen molar-refractivity contribution >= 4 is 0 Å². The van der Waals surface area contributed by atoms with Gasteiger partial charge in [0.05, 0.1) is 6.10 Å². The van der Waals surface area contributed by atoms with Gasteiger partial charge in [-0.15, -0.1) is 0 Å². The summed E-state index contributed by atoms with van der Waals surface area (Å²) in [5.74, 6) is -0.393. The summed E-state index contributed by atoms with van der Waals surface area (Å²) >= 11 is 0. The molecule has 0 radical (unpaired) electrons. The summed E-state index contributed by atoms with van der Waals surface area (Å²) in [5, 5.41) is 13.1. The van der Waals surface area contributed by atoms with Gasteiger partial charge in [-0.2, -0.15) is 0 Å². The smallest absolute Gasteiger partial charge is 0.129 e. The lowest BCUT2D eigenvalue weighted by Crippen LogP contribution is -2.31. The Kier molecular flexibility index (Phi) is 4.30. The van der Waals surface area contributed by atoms with E-state index in [0.29, 0.717) is 12.0 Å². The molecule has 0 amide bonds. The molecule has 2 nitrogen and oxygen atoms in total. The van der Waals surface area contributed by atoms with Crippen molar-refractivity contribution in [2.24, 2.45) is 5.92 Å². The van der Waals surface area contributed by atoms with E-state index in [1.165, 1.54) is 6.42 Å². The molecule has 1 saturated carbocycles. The monoisotopic (exact) mass is 255 g/mol. The molecule has 0 saturated heterocycles. The number of rotatable bonds is 4. The van der Waals surface area contributed by atoms with Crippen LogP contribution >= 0.6 is 0 Å². The van der Waals surface area contributed by atoms with E-state index in [-0.39, 0.29) is 12.1 Å². The van der Waals surface area contributed by atoms with Gasteiger partial charge in [-0.1, -0.05) is 6.92 Å². The van der Waals surface area contributed by atoms with E-state index >= 15 is 0 Å². The molecule has 4 heteroatoms. The highest BCUT2D eigenvalue weighted by Crippen LogP contribution is 2.25. The Bertz CT molecular complexity index is 411. The van der Waals surface area contributed by atoms with Crippen LogP contribution in [0.3, 0.4) is 0 Å². The zero-order chi connectivity index (χ0) is 13.1. The van der Waals surface area contributed by atoms with Crippen LogP contribution in [-0.2, 0) is 0 Å². The first kappa shape index (κ1) is 13.4. The second kappa shape index (κ2) is 5.76. The maximum atomic E-state index is 13.4. The molecule has 1 fully saturated rings. The highest BCUT2D eigenvalue weighted by atomic mass is 19.1. The second-order valence-corrected chi connectivity index (χ2v) is 5.21. The zero-order valence-corrected chi connectivity index (χ0v) is 10.5. The van der Waals surface area contributed by atoms with E-state index in [1.54, 1.807) is 0 Å². The molecule has 3 unspecified atom stereocenters. The predicted octanol–water partition coefficient (Wildman–Crippen LogP) is 2.78. The summed E-state index contributed by atoms with van der Waals surface area (Å²) in [7, 11) is 0. The van der Waals surface area contributed by atoms with Crippen molar-refractivity contribution in [1.82, 2.24) is 5.32 Å². The first-order chi connectivity index (χ1) is 8.56. The molecule has 0 aromatic heterocycles. The van der Waals surface area contributed by atoms with E-state index < -0.39 is 17.7 Å². The third kappa shape index (κ3) is 3.27. The SMILES string of the molecule is CC1CCC(NCC(O)c2cc(F)ccc2F)C1. The normalized spacial score (nSPS) is 25.3. The van der Waals surface area contributed by atoms with Crippen LogP contribution in [0.2, 0.25) is 0 Å². The van der Waals surface area contributed by atoms with E-state index in [9.17, 15) is 13.9 Å². The van der Waals surface area contributed by atoms with E-state index in [2.05, 4.69) is 12.2 Å². The summed E-state index contributed by atoms with van der Waals surface area (Å²) < 4.78 is 26.4. The van der Waals surface area contributed by atoms with Crippen LogP contribution in [-0.4, -0.2) is 17.7 Å². The number of halogens is 2. The standard InChI is InChI=1S/C14H19F2NO/c1-9-2-4-11(6-9)17-8-14(18)12-7-10(15)3-5-13(12)16/h3,5,7,9,11,14,17-18H,2,4,6,8H2,1H3. The average molecular weight is 255 g/mol. The Labute approximate surface area is 106 Å². The van der Waals surface area contributed by atoms with E-state index in [1.807, 2.05) is 0 Å². The van der Waals surface area contributed by atoms with Crippen molar-refractivity contribution in [3.63, 3.8) is 0 Å². The van der Waals surface area contributed by atoms with E-state index in [0.717, 1.165) is 31.0 Å². The highest BCUT2D eigenvalue weighted by Gasteiger charge is 2.22. The lowest BCUT2D eigenvalue weighted by Gasteiger charge is -2.17. The molecule has 100 valence electrons. The quantitative estimate of drug-likeness (QED) is 0.867. The Morgan fingerprint density at radius 1 is 1.39 bits per heavy atom. The van der Waals surface area contributed by atoms with Gasteiger partial charge in [0.15, 0.2) is 0 Å². The molecular formula is C14H19F2NO. The minimum atomic E-state index is -1.00. The number of hydrogen-bond acceptors (Lipinski definition) is 2. The lowest BCUT2D eigenvalue weighted by molar-refractivity contribution is 0.164. The Morgan fingerprint density at radius 3 is 2.83 bits per heavy atom. The number of benzene rings is 1. The molecule has 1 aliphatic carbocycles. The number of hydrogen-bond donors (Lipinski definition) is 2. The molecule has 2 rings (SSSR count). The molecule has 18 heavy (non-hydrogen) atoms. The van der Waals surface area contributed by atoms with Crippen LogP contribution in [0, 0.1) is 17.6 Å². The second-order valence-electron chi connectivity index (χ2n) is 5.21. The number of nitrogens with one attached hydrogen (secondary N) is 1. The Balaban J connectivity index is 1.91. The molecule has 1 aliphatic rings. The molecule has 2 N–H and O–H groups in total. The van der Waals surface area contributed by atoms with Crippen LogP contribution in [0.1, 0.15) is 37.9 Å². The minimum Gasteiger partial charge on any atom is -0.387 e. The highest BCUT2D eigenvalue weighted by molar-refractivity contribution is 5.21. The van der Waals surface area contributed by atoms with E-state index in [4.69, 9.17) is 0 Å². The summed E-state index contributed by atoms with van der Waals surface area (Å²) in [6.45, 7) is 2.46. The molecule has 0 spiro atoms. The summed E-state index contributed by atoms with van der Waals surface area (Å²) in [4.78, 5) is 0. The lowest BCUT2D eigenvalue weighted by atomic mass is 10.1. The van der Waals surface area contributed by atoms with Gasteiger partial charge in [-0.3, -0.25) is 0 Å². The van der Waals surface area contributed by atoms with Crippen LogP contribution in [0.25, 0.3) is 0 Å². The van der Waals surface area contributed by atoms with Gasteiger partial charge in [0.25, 0.3) is 0 Å². The van der Waals surface area contributed by atoms with Gasteiger partial charge in [-0.25, -0.2) is 8.78 Å². The van der Waals surface area contributed by atoms with Gasteiger partial charge < -0.3 is 10.4 Å². The number of aliphatic hydroxyl groups is 1. The van der Waals surface area contributed by atoms with Crippen LogP contribution in [0.4, 0.5) is 8.78 Å². The Morgan fingerprint density at radius 2 is 2.17 bits per heavy atom. The maximum absolute atomic E-state index is 13.4. The fourth-order valence-corrected chi connectivity index (χ4v) is 2.55. The summed E-state index contributed by atoms with van der Waals surface area (Å²) in [6, 6.07) is 3.54.